The lowest BCUT2D eigenvalue weighted by Crippen LogP contribution is -2.56. The van der Waals surface area contributed by atoms with Crippen molar-refractivity contribution in [2.24, 2.45) is 0 Å². The molecule has 0 aliphatic heterocycles. The molecule has 0 aliphatic carbocycles. The molecule has 2 amide bonds. The van der Waals surface area contributed by atoms with E-state index in [0.717, 1.165) is 17.0 Å². The molecular formula is C18H21F3N4O2S. The zero-order chi connectivity index (χ0) is 21.7. The minimum absolute atomic E-state index is 0.00409. The highest BCUT2D eigenvalue weighted by Gasteiger charge is 2.38. The van der Waals surface area contributed by atoms with Gasteiger partial charge in [-0.05, 0) is 32.0 Å². The van der Waals surface area contributed by atoms with Gasteiger partial charge in [0, 0.05) is 32.7 Å². The summed E-state index contributed by atoms with van der Waals surface area (Å²) in [4.78, 5) is 26.6. The number of carbonyl (C=O) groups excluding carboxylic acids is 2. The van der Waals surface area contributed by atoms with E-state index in [0.29, 0.717) is 0 Å². The summed E-state index contributed by atoms with van der Waals surface area (Å²) in [5.41, 5.74) is -1.54. The van der Waals surface area contributed by atoms with Crippen molar-refractivity contribution >= 4 is 35.2 Å². The normalized spacial score (nSPS) is 11.4. The van der Waals surface area contributed by atoms with Crippen molar-refractivity contribution in [3.8, 4) is 6.07 Å². The predicted molar refractivity (Wildman–Crippen MR) is 103 cm³/mol. The van der Waals surface area contributed by atoms with Gasteiger partial charge in [-0.1, -0.05) is 12.2 Å². The first kappa shape index (κ1) is 23.4. The Kier molecular flexibility index (Phi) is 7.52. The number of nitrogens with zero attached hydrogens (tertiary/aromatic N) is 3. The molecule has 0 aliphatic rings. The fraction of sp³-hybridized carbons (Fsp3) is 0.444. The van der Waals surface area contributed by atoms with E-state index in [4.69, 9.17) is 17.5 Å². The topological polar surface area (TPSA) is 76.4 Å². The van der Waals surface area contributed by atoms with Crippen LogP contribution >= 0.6 is 12.2 Å². The molecule has 28 heavy (non-hydrogen) atoms. The van der Waals surface area contributed by atoms with Gasteiger partial charge in [-0.2, -0.15) is 18.4 Å². The van der Waals surface area contributed by atoms with Gasteiger partial charge in [0.25, 0.3) is 5.91 Å². The summed E-state index contributed by atoms with van der Waals surface area (Å²) in [5.74, 6) is -0.739. The van der Waals surface area contributed by atoms with Crippen LogP contribution in [0, 0.1) is 11.3 Å². The summed E-state index contributed by atoms with van der Waals surface area (Å²) in [6.07, 6.45) is -4.72. The minimum Gasteiger partial charge on any atom is -0.355 e. The number of hydrogen-bond acceptors (Lipinski definition) is 4. The van der Waals surface area contributed by atoms with Crippen molar-refractivity contribution in [3.05, 3.63) is 29.3 Å². The second kappa shape index (κ2) is 9.01. The van der Waals surface area contributed by atoms with Gasteiger partial charge in [-0.15, -0.1) is 0 Å². The van der Waals surface area contributed by atoms with Gasteiger partial charge in [-0.3, -0.25) is 9.59 Å². The van der Waals surface area contributed by atoms with Crippen LogP contribution in [0.2, 0.25) is 0 Å². The SMILES string of the molecule is CC(=O)NCCN(C=S)C(C)(C)C(=O)N(C)c1ccc(C#N)c(C(F)(F)F)c1. The van der Waals surface area contributed by atoms with Crippen molar-refractivity contribution in [1.29, 1.82) is 5.26 Å². The summed E-state index contributed by atoms with van der Waals surface area (Å²) < 4.78 is 39.6. The number of anilines is 1. The number of amides is 2. The average molecular weight is 414 g/mol. The summed E-state index contributed by atoms with van der Waals surface area (Å²) in [7, 11) is 1.35. The summed E-state index contributed by atoms with van der Waals surface area (Å²) in [6, 6.07) is 4.58. The van der Waals surface area contributed by atoms with Crippen molar-refractivity contribution in [1.82, 2.24) is 10.2 Å². The van der Waals surface area contributed by atoms with Crippen LogP contribution in [0.1, 0.15) is 31.9 Å². The molecule has 0 bridgehead atoms. The van der Waals surface area contributed by atoms with Crippen LogP contribution in [0.3, 0.4) is 0 Å². The van der Waals surface area contributed by atoms with Gasteiger partial charge >= 0.3 is 6.18 Å². The molecule has 0 heterocycles. The van der Waals surface area contributed by atoms with Crippen molar-refractivity contribution in [2.75, 3.05) is 25.0 Å². The Balaban J connectivity index is 3.15. The van der Waals surface area contributed by atoms with E-state index in [9.17, 15) is 22.8 Å². The third-order valence-electron chi connectivity index (χ3n) is 4.22. The molecule has 0 atom stereocenters. The molecule has 6 nitrogen and oxygen atoms in total. The van der Waals surface area contributed by atoms with Crippen LogP contribution < -0.4 is 10.2 Å². The molecule has 1 rings (SSSR count). The highest BCUT2D eigenvalue weighted by Crippen LogP contribution is 2.34. The van der Waals surface area contributed by atoms with E-state index < -0.39 is 28.7 Å². The maximum absolute atomic E-state index is 13.2. The first-order chi connectivity index (χ1) is 12.9. The Bertz CT molecular complexity index is 803. The number of rotatable bonds is 7. The second-order valence-corrected chi connectivity index (χ2v) is 6.76. The Morgan fingerprint density at radius 1 is 1.32 bits per heavy atom. The van der Waals surface area contributed by atoms with Crippen LogP contribution in [0.4, 0.5) is 18.9 Å². The third-order valence-corrected chi connectivity index (χ3v) is 4.47. The van der Waals surface area contributed by atoms with Crippen molar-refractivity contribution in [3.63, 3.8) is 0 Å². The summed E-state index contributed by atoms with van der Waals surface area (Å²) >= 11 is 4.96. The van der Waals surface area contributed by atoms with Crippen molar-refractivity contribution in [2.45, 2.75) is 32.5 Å². The Morgan fingerprint density at radius 2 is 1.93 bits per heavy atom. The van der Waals surface area contributed by atoms with Crippen LogP contribution in [0.15, 0.2) is 18.2 Å². The number of alkyl halides is 3. The molecule has 0 unspecified atom stereocenters. The van der Waals surface area contributed by atoms with Gasteiger partial charge in [0.2, 0.25) is 5.91 Å². The van der Waals surface area contributed by atoms with Gasteiger partial charge in [0.15, 0.2) is 0 Å². The van der Waals surface area contributed by atoms with E-state index in [1.807, 2.05) is 0 Å². The number of thiocarbonyl (C=S) groups is 1. The molecule has 0 aromatic heterocycles. The lowest BCUT2D eigenvalue weighted by atomic mass is 10.00. The molecule has 0 saturated heterocycles. The molecule has 1 aromatic carbocycles. The molecule has 10 heteroatoms. The number of likely N-dealkylation sites (N-methyl/N-ethyl adjacent to an activating group) is 1. The zero-order valence-electron chi connectivity index (χ0n) is 15.9. The number of carbonyl (C=O) groups is 2. The summed E-state index contributed by atoms with van der Waals surface area (Å²) in [5, 5.41) is 11.5. The zero-order valence-corrected chi connectivity index (χ0v) is 16.7. The van der Waals surface area contributed by atoms with Gasteiger partial charge in [0.05, 0.1) is 22.7 Å². The first-order valence-electron chi connectivity index (χ1n) is 8.22. The van der Waals surface area contributed by atoms with E-state index in [2.05, 4.69) is 5.32 Å². The van der Waals surface area contributed by atoms with Crippen LogP contribution in [0.5, 0.6) is 0 Å². The lowest BCUT2D eigenvalue weighted by Gasteiger charge is -2.38. The molecule has 0 fully saturated rings. The maximum atomic E-state index is 13.2. The molecule has 0 radical (unpaired) electrons. The van der Waals surface area contributed by atoms with Crippen LogP contribution in [0.25, 0.3) is 0 Å². The third kappa shape index (κ3) is 5.42. The smallest absolute Gasteiger partial charge is 0.355 e. The fourth-order valence-electron chi connectivity index (χ4n) is 2.54. The van der Waals surface area contributed by atoms with E-state index in [1.165, 1.54) is 36.5 Å². The number of nitriles is 1. The highest BCUT2D eigenvalue weighted by atomic mass is 32.1. The van der Waals surface area contributed by atoms with E-state index >= 15 is 0 Å². The van der Waals surface area contributed by atoms with Crippen molar-refractivity contribution < 1.29 is 22.8 Å². The monoisotopic (exact) mass is 414 g/mol. The number of halogens is 3. The first-order valence-corrected chi connectivity index (χ1v) is 8.69. The van der Waals surface area contributed by atoms with Gasteiger partial charge in [0.1, 0.15) is 5.54 Å². The van der Waals surface area contributed by atoms with Gasteiger partial charge < -0.3 is 15.1 Å². The highest BCUT2D eigenvalue weighted by molar-refractivity contribution is 7.78. The molecule has 0 saturated carbocycles. The maximum Gasteiger partial charge on any atom is 0.417 e. The Hall–Kier alpha value is -2.67. The number of benzene rings is 1. The molecule has 1 aromatic rings. The fourth-order valence-corrected chi connectivity index (χ4v) is 2.91. The van der Waals surface area contributed by atoms with Crippen LogP contribution in [-0.2, 0) is 15.8 Å². The standard InChI is InChI=1S/C18H21F3N4O2S/c1-12(26)23-7-8-25(11-28)17(2,3)16(27)24(4)14-6-5-13(10-22)15(9-14)18(19,20)21/h5-6,9,11H,7-8H2,1-4H3,(H,23,26). The van der Waals surface area contributed by atoms with Gasteiger partial charge in [-0.25, -0.2) is 0 Å². The van der Waals surface area contributed by atoms with E-state index in [1.54, 1.807) is 13.8 Å². The number of nitrogens with one attached hydrogen (secondary N) is 1. The minimum atomic E-state index is -4.72. The molecular weight excluding hydrogens is 393 g/mol. The second-order valence-electron chi connectivity index (χ2n) is 6.54. The average Bonchev–Trinajstić information content (AvgIpc) is 2.62. The number of hydrogen-bond donors (Lipinski definition) is 1. The Labute approximate surface area is 166 Å². The van der Waals surface area contributed by atoms with E-state index in [-0.39, 0.29) is 24.7 Å². The molecule has 152 valence electrons. The Morgan fingerprint density at radius 3 is 2.39 bits per heavy atom. The largest absolute Gasteiger partial charge is 0.417 e. The predicted octanol–water partition coefficient (Wildman–Crippen LogP) is 2.71. The van der Waals surface area contributed by atoms with Crippen LogP contribution in [-0.4, -0.2) is 47.9 Å². The quantitative estimate of drug-likeness (QED) is 0.695. The molecule has 1 N–H and O–H groups in total. The lowest BCUT2D eigenvalue weighted by molar-refractivity contribution is -0.138. The molecule has 0 spiro atoms. The summed E-state index contributed by atoms with van der Waals surface area (Å²) in [6.45, 7) is 5.01.